The Morgan fingerprint density at radius 3 is 2.32 bits per heavy atom. The van der Waals surface area contributed by atoms with Crippen LogP contribution in [0.4, 0.5) is 0 Å². The summed E-state index contributed by atoms with van der Waals surface area (Å²) in [6.07, 6.45) is 0. The van der Waals surface area contributed by atoms with E-state index in [0.29, 0.717) is 5.15 Å². The molecule has 0 saturated heterocycles. The first-order chi connectivity index (χ1) is 9.08. The third-order valence-corrected chi connectivity index (χ3v) is 5.00. The van der Waals surface area contributed by atoms with Crippen LogP contribution in [0.3, 0.4) is 0 Å². The van der Waals surface area contributed by atoms with Gasteiger partial charge in [-0.15, -0.1) is 21.5 Å². The van der Waals surface area contributed by atoms with Gasteiger partial charge in [-0.3, -0.25) is 0 Å². The van der Waals surface area contributed by atoms with Gasteiger partial charge in [0.25, 0.3) is 0 Å². The van der Waals surface area contributed by atoms with E-state index in [2.05, 4.69) is 45.2 Å². The van der Waals surface area contributed by atoms with Crippen molar-refractivity contribution in [2.45, 2.75) is 13.8 Å². The molecule has 5 heteroatoms. The van der Waals surface area contributed by atoms with Crippen LogP contribution in [0, 0.1) is 13.8 Å². The van der Waals surface area contributed by atoms with Crippen LogP contribution in [0.2, 0.25) is 5.15 Å². The molecule has 1 aromatic carbocycles. The van der Waals surface area contributed by atoms with E-state index in [9.17, 15) is 0 Å². The van der Waals surface area contributed by atoms with E-state index < -0.39 is 0 Å². The molecule has 0 aliphatic heterocycles. The smallest absolute Gasteiger partial charge is 0.147 e. The highest BCUT2D eigenvalue weighted by atomic mass is 79.9. The van der Waals surface area contributed by atoms with Crippen molar-refractivity contribution >= 4 is 49.6 Å². The molecule has 3 aromatic rings. The first kappa shape index (κ1) is 13.0. The van der Waals surface area contributed by atoms with Crippen molar-refractivity contribution in [3.63, 3.8) is 0 Å². The highest BCUT2D eigenvalue weighted by molar-refractivity contribution is 9.11. The maximum Gasteiger partial charge on any atom is 0.159 e. The van der Waals surface area contributed by atoms with E-state index in [-0.39, 0.29) is 0 Å². The minimum Gasteiger partial charge on any atom is -0.147 e. The van der Waals surface area contributed by atoms with Gasteiger partial charge in [-0.2, -0.15) is 0 Å². The lowest BCUT2D eigenvalue weighted by Crippen LogP contribution is -1.94. The quantitative estimate of drug-likeness (QED) is 0.586. The highest BCUT2D eigenvalue weighted by Gasteiger charge is 2.15. The molecule has 2 heterocycles. The van der Waals surface area contributed by atoms with Crippen LogP contribution < -0.4 is 0 Å². The Balaban J connectivity index is 2.44. The van der Waals surface area contributed by atoms with Crippen molar-refractivity contribution in [2.24, 2.45) is 0 Å². The average molecular weight is 354 g/mol. The molecular weight excluding hydrogens is 344 g/mol. The average Bonchev–Trinajstić information content (AvgIpc) is 2.80. The summed E-state index contributed by atoms with van der Waals surface area (Å²) in [6.45, 7) is 4.12. The number of fused-ring (bicyclic) bond motifs is 1. The zero-order valence-corrected chi connectivity index (χ0v) is 13.5. The van der Waals surface area contributed by atoms with Gasteiger partial charge in [0.15, 0.2) is 5.15 Å². The van der Waals surface area contributed by atoms with Gasteiger partial charge in [-0.05, 0) is 53.0 Å². The fourth-order valence-electron chi connectivity index (χ4n) is 2.19. The Morgan fingerprint density at radius 2 is 1.68 bits per heavy atom. The van der Waals surface area contributed by atoms with E-state index in [1.807, 2.05) is 19.1 Å². The molecule has 0 radical (unpaired) electrons. The molecule has 2 nitrogen and oxygen atoms in total. The second-order valence-corrected chi connectivity index (χ2v) is 7.21. The molecule has 0 N–H and O–H groups in total. The lowest BCUT2D eigenvalue weighted by Gasteiger charge is -2.10. The van der Waals surface area contributed by atoms with Gasteiger partial charge >= 0.3 is 0 Å². The van der Waals surface area contributed by atoms with Gasteiger partial charge in [0.05, 0.1) is 8.66 Å². The second-order valence-electron chi connectivity index (χ2n) is 4.39. The summed E-state index contributed by atoms with van der Waals surface area (Å²) in [5, 5.41) is 11.0. The maximum absolute atomic E-state index is 6.22. The summed E-state index contributed by atoms with van der Waals surface area (Å²) in [7, 11) is 0. The third kappa shape index (κ3) is 2.18. The number of rotatable bonds is 1. The third-order valence-electron chi connectivity index (χ3n) is 3.11. The molecule has 0 bridgehead atoms. The number of thiophene rings is 1. The molecule has 2 aromatic heterocycles. The van der Waals surface area contributed by atoms with Crippen LogP contribution in [-0.2, 0) is 0 Å². The lowest BCUT2D eigenvalue weighted by molar-refractivity contribution is 1.06. The summed E-state index contributed by atoms with van der Waals surface area (Å²) < 4.78 is 1.08. The molecule has 0 spiro atoms. The Kier molecular flexibility index (Phi) is 3.33. The minimum absolute atomic E-state index is 0.468. The fraction of sp³-hybridized carbons (Fsp3) is 0.143. The Bertz CT molecular complexity index is 774. The number of aryl methyl sites for hydroxylation is 2. The summed E-state index contributed by atoms with van der Waals surface area (Å²) in [5.41, 5.74) is 3.19. The molecule has 0 saturated carbocycles. The van der Waals surface area contributed by atoms with E-state index in [4.69, 9.17) is 11.6 Å². The largest absolute Gasteiger partial charge is 0.159 e. The van der Waals surface area contributed by atoms with Crippen molar-refractivity contribution in [1.82, 2.24) is 10.2 Å². The number of benzene rings is 1. The molecule has 96 valence electrons. The van der Waals surface area contributed by atoms with E-state index in [1.165, 1.54) is 0 Å². The number of aromatic nitrogens is 2. The molecule has 0 unspecified atom stereocenters. The number of hydrogen-bond acceptors (Lipinski definition) is 3. The van der Waals surface area contributed by atoms with E-state index in [0.717, 1.165) is 36.3 Å². The molecule has 19 heavy (non-hydrogen) atoms. The Hall–Kier alpha value is -0.970. The van der Waals surface area contributed by atoms with Crippen LogP contribution >= 0.6 is 38.9 Å². The monoisotopic (exact) mass is 352 g/mol. The van der Waals surface area contributed by atoms with Crippen molar-refractivity contribution in [3.8, 4) is 10.6 Å². The first-order valence-corrected chi connectivity index (χ1v) is 7.74. The molecule has 0 aliphatic rings. The molecule has 0 atom stereocenters. The maximum atomic E-state index is 6.22. The van der Waals surface area contributed by atoms with Gasteiger partial charge in [-0.1, -0.05) is 23.7 Å². The Morgan fingerprint density at radius 1 is 1.00 bits per heavy atom. The van der Waals surface area contributed by atoms with Crippen LogP contribution in [0.5, 0.6) is 0 Å². The van der Waals surface area contributed by atoms with E-state index >= 15 is 0 Å². The van der Waals surface area contributed by atoms with Crippen molar-refractivity contribution in [2.75, 3.05) is 0 Å². The van der Waals surface area contributed by atoms with Crippen LogP contribution in [0.15, 0.2) is 28.1 Å². The number of halogens is 2. The zero-order chi connectivity index (χ0) is 13.6. The van der Waals surface area contributed by atoms with Gasteiger partial charge in [0.1, 0.15) is 5.69 Å². The summed E-state index contributed by atoms with van der Waals surface area (Å²) in [5.74, 6) is 0. The van der Waals surface area contributed by atoms with Crippen molar-refractivity contribution in [1.29, 1.82) is 0 Å². The van der Waals surface area contributed by atoms with Crippen LogP contribution in [0.1, 0.15) is 11.1 Å². The number of nitrogens with zero attached hydrogens (tertiary/aromatic N) is 2. The number of hydrogen-bond donors (Lipinski definition) is 0. The fourth-order valence-corrected chi connectivity index (χ4v) is 3.85. The molecule has 3 rings (SSSR count). The molecule has 0 aliphatic carbocycles. The van der Waals surface area contributed by atoms with Crippen LogP contribution in [-0.4, -0.2) is 10.2 Å². The van der Waals surface area contributed by atoms with Crippen molar-refractivity contribution in [3.05, 3.63) is 44.3 Å². The van der Waals surface area contributed by atoms with Gasteiger partial charge in [0.2, 0.25) is 0 Å². The minimum atomic E-state index is 0.468. The second kappa shape index (κ2) is 4.85. The van der Waals surface area contributed by atoms with Gasteiger partial charge < -0.3 is 0 Å². The molecule has 0 amide bonds. The van der Waals surface area contributed by atoms with Crippen LogP contribution in [0.25, 0.3) is 21.3 Å². The molecular formula is C14H10BrClN2S. The standard InChI is InChI=1S/C14H10BrClN2S/c1-7-3-4-8(2)12-11(7)13(17-18-14(12)16)9-5-6-10(15)19-9/h3-6H,1-2H3. The first-order valence-electron chi connectivity index (χ1n) is 5.75. The lowest BCUT2D eigenvalue weighted by atomic mass is 10.0. The van der Waals surface area contributed by atoms with Crippen molar-refractivity contribution < 1.29 is 0 Å². The summed E-state index contributed by atoms with van der Waals surface area (Å²) in [4.78, 5) is 1.09. The SMILES string of the molecule is Cc1ccc(C)c2c(-c3ccc(Br)s3)nnc(Cl)c12. The van der Waals surface area contributed by atoms with E-state index in [1.54, 1.807) is 11.3 Å². The highest BCUT2D eigenvalue weighted by Crippen LogP contribution is 2.37. The molecule has 0 fully saturated rings. The predicted molar refractivity (Wildman–Crippen MR) is 85.0 cm³/mol. The predicted octanol–water partition coefficient (Wildman–Crippen LogP) is 5.39. The summed E-state index contributed by atoms with van der Waals surface area (Å²) in [6, 6.07) is 8.24. The summed E-state index contributed by atoms with van der Waals surface area (Å²) >= 11 is 11.4. The zero-order valence-electron chi connectivity index (χ0n) is 10.4. The van der Waals surface area contributed by atoms with Gasteiger partial charge in [-0.25, -0.2) is 0 Å². The van der Waals surface area contributed by atoms with Gasteiger partial charge in [0, 0.05) is 10.8 Å². The Labute approximate surface area is 128 Å². The topological polar surface area (TPSA) is 25.8 Å². The normalized spacial score (nSPS) is 11.2.